The Balaban J connectivity index is 1.40. The Labute approximate surface area is 215 Å². The molecule has 186 valence electrons. The number of hydrogen-bond donors (Lipinski definition) is 3. The number of aryl methyl sites for hydroxylation is 1. The Morgan fingerprint density at radius 2 is 1.62 bits per heavy atom. The largest absolute Gasteiger partial charge is 0.416 e. The number of hydrogen-bond acceptors (Lipinski definition) is 5. The number of halogens is 3. The molecular weight excluding hydrogens is 499 g/mol. The Hall–Kier alpha value is -4.51. The number of fused-ring (bicyclic) bond motifs is 1. The van der Waals surface area contributed by atoms with Crippen molar-refractivity contribution < 1.29 is 13.2 Å². The number of aromatic nitrogens is 4. The van der Waals surface area contributed by atoms with E-state index in [1.807, 2.05) is 54.2 Å². The highest BCUT2D eigenvalue weighted by molar-refractivity contribution is 7.80. The fourth-order valence-corrected chi connectivity index (χ4v) is 4.02. The first kappa shape index (κ1) is 24.2. The molecule has 11 heteroatoms. The second kappa shape index (κ2) is 9.86. The van der Waals surface area contributed by atoms with Crippen LogP contribution in [0.3, 0.4) is 0 Å². The van der Waals surface area contributed by atoms with E-state index >= 15 is 0 Å². The maximum atomic E-state index is 13.0. The minimum atomic E-state index is -4.44. The first-order chi connectivity index (χ1) is 17.8. The summed E-state index contributed by atoms with van der Waals surface area (Å²) >= 11 is 5.32. The predicted molar refractivity (Wildman–Crippen MR) is 143 cm³/mol. The second-order valence-corrected chi connectivity index (χ2v) is 8.57. The third-order valence-electron chi connectivity index (χ3n) is 5.47. The second-order valence-electron chi connectivity index (χ2n) is 8.16. The number of thiocarbonyl (C=S) groups is 1. The van der Waals surface area contributed by atoms with Gasteiger partial charge in [0.15, 0.2) is 16.8 Å². The van der Waals surface area contributed by atoms with E-state index in [-0.39, 0.29) is 10.8 Å². The fraction of sp³-hybridized carbons (Fsp3) is 0.0769. The molecule has 0 amide bonds. The van der Waals surface area contributed by atoms with E-state index in [4.69, 9.17) is 22.2 Å². The summed E-state index contributed by atoms with van der Waals surface area (Å²) < 4.78 is 41.0. The summed E-state index contributed by atoms with van der Waals surface area (Å²) in [5.41, 5.74) is 3.22. The zero-order chi connectivity index (χ0) is 26.0. The molecule has 0 spiro atoms. The number of benzene rings is 2. The molecule has 5 aromatic rings. The van der Waals surface area contributed by atoms with Crippen molar-refractivity contribution in [2.24, 2.45) is 7.05 Å². The lowest BCUT2D eigenvalue weighted by Crippen LogP contribution is -2.19. The molecule has 0 fully saturated rings. The summed E-state index contributed by atoms with van der Waals surface area (Å²) in [6.07, 6.45) is 0.873. The maximum Gasteiger partial charge on any atom is 0.416 e. The van der Waals surface area contributed by atoms with E-state index < -0.39 is 11.7 Å². The van der Waals surface area contributed by atoms with Crippen molar-refractivity contribution in [1.82, 2.24) is 19.5 Å². The SMILES string of the molecule is Cn1ccc2nc(-c3cccc(NC(=S)Nc4cccc(C(F)(F)F)c4)c3)nc(Nc3cccnc3)c21. The standard InChI is InChI=1S/C26H20F3N7S/c1-36-12-10-21-22(36)24(31-20-9-4-11-30-15-20)35-23(34-21)16-5-2-7-18(13-16)32-25(37)33-19-8-3-6-17(14-19)26(27,28)29/h2-15H,1H3,(H,31,34,35)(H2,32,33,37). The Morgan fingerprint density at radius 3 is 2.35 bits per heavy atom. The van der Waals surface area contributed by atoms with Crippen molar-refractivity contribution in [3.8, 4) is 11.4 Å². The van der Waals surface area contributed by atoms with Crippen molar-refractivity contribution in [2.75, 3.05) is 16.0 Å². The van der Waals surface area contributed by atoms with Gasteiger partial charge in [0.05, 0.1) is 23.0 Å². The highest BCUT2D eigenvalue weighted by Gasteiger charge is 2.30. The predicted octanol–water partition coefficient (Wildman–Crippen LogP) is 6.60. The van der Waals surface area contributed by atoms with E-state index in [1.54, 1.807) is 18.5 Å². The minimum absolute atomic E-state index is 0.148. The molecule has 2 aromatic carbocycles. The van der Waals surface area contributed by atoms with Gasteiger partial charge in [0.2, 0.25) is 0 Å². The van der Waals surface area contributed by atoms with Crippen LogP contribution in [0.5, 0.6) is 0 Å². The summed E-state index contributed by atoms with van der Waals surface area (Å²) in [5, 5.41) is 9.27. The summed E-state index contributed by atoms with van der Waals surface area (Å²) in [5.74, 6) is 1.12. The van der Waals surface area contributed by atoms with Crippen LogP contribution in [0.15, 0.2) is 85.3 Å². The van der Waals surface area contributed by atoms with Gasteiger partial charge < -0.3 is 20.5 Å². The first-order valence-corrected chi connectivity index (χ1v) is 11.5. The summed E-state index contributed by atoms with van der Waals surface area (Å²) in [7, 11) is 1.92. The lowest BCUT2D eigenvalue weighted by Gasteiger charge is -2.14. The molecule has 0 aliphatic rings. The van der Waals surface area contributed by atoms with Crippen LogP contribution < -0.4 is 16.0 Å². The molecule has 7 nitrogen and oxygen atoms in total. The smallest absolute Gasteiger partial charge is 0.346 e. The quantitative estimate of drug-likeness (QED) is 0.226. The van der Waals surface area contributed by atoms with Crippen LogP contribution in [0, 0.1) is 0 Å². The molecule has 0 aliphatic heterocycles. The zero-order valence-electron chi connectivity index (χ0n) is 19.4. The van der Waals surface area contributed by atoms with Crippen molar-refractivity contribution in [3.05, 3.63) is 90.9 Å². The van der Waals surface area contributed by atoms with Crippen LogP contribution in [0.25, 0.3) is 22.4 Å². The number of anilines is 4. The number of nitrogens with zero attached hydrogens (tertiary/aromatic N) is 4. The summed E-state index contributed by atoms with van der Waals surface area (Å²) in [4.78, 5) is 13.6. The van der Waals surface area contributed by atoms with Crippen LogP contribution in [-0.4, -0.2) is 24.6 Å². The van der Waals surface area contributed by atoms with E-state index in [1.165, 1.54) is 12.1 Å². The van der Waals surface area contributed by atoms with Crippen LogP contribution in [0.1, 0.15) is 5.56 Å². The monoisotopic (exact) mass is 519 g/mol. The maximum absolute atomic E-state index is 13.0. The van der Waals surface area contributed by atoms with Gasteiger partial charge in [-0.05, 0) is 60.7 Å². The van der Waals surface area contributed by atoms with Gasteiger partial charge in [0.25, 0.3) is 0 Å². The van der Waals surface area contributed by atoms with Gasteiger partial charge in [-0.2, -0.15) is 13.2 Å². The van der Waals surface area contributed by atoms with Crippen LogP contribution >= 0.6 is 12.2 Å². The molecule has 0 saturated heterocycles. The number of nitrogens with one attached hydrogen (secondary N) is 3. The number of alkyl halides is 3. The molecule has 0 aliphatic carbocycles. The van der Waals surface area contributed by atoms with Crippen LogP contribution in [-0.2, 0) is 13.2 Å². The van der Waals surface area contributed by atoms with E-state index in [9.17, 15) is 13.2 Å². The Bertz CT molecular complexity index is 1580. The molecule has 0 unspecified atom stereocenters. The van der Waals surface area contributed by atoms with Gasteiger partial charge in [0, 0.05) is 36.4 Å². The summed E-state index contributed by atoms with van der Waals surface area (Å²) in [6, 6.07) is 17.8. The molecule has 0 bridgehead atoms. The van der Waals surface area contributed by atoms with Gasteiger partial charge in [-0.15, -0.1) is 0 Å². The summed E-state index contributed by atoms with van der Waals surface area (Å²) in [6.45, 7) is 0. The van der Waals surface area contributed by atoms with E-state index in [0.29, 0.717) is 17.3 Å². The average Bonchev–Trinajstić information content (AvgIpc) is 3.25. The fourth-order valence-electron chi connectivity index (χ4n) is 3.79. The lowest BCUT2D eigenvalue weighted by molar-refractivity contribution is -0.137. The van der Waals surface area contributed by atoms with Gasteiger partial charge in [0.1, 0.15) is 5.52 Å². The normalized spacial score (nSPS) is 11.4. The molecule has 37 heavy (non-hydrogen) atoms. The first-order valence-electron chi connectivity index (χ1n) is 11.1. The third kappa shape index (κ3) is 5.51. The molecule has 3 heterocycles. The molecule has 0 atom stereocenters. The highest BCUT2D eigenvalue weighted by atomic mass is 32.1. The number of pyridine rings is 1. The third-order valence-corrected chi connectivity index (χ3v) is 5.67. The topological polar surface area (TPSA) is 79.7 Å². The molecule has 3 N–H and O–H groups in total. The average molecular weight is 520 g/mol. The van der Waals surface area contributed by atoms with E-state index in [0.717, 1.165) is 34.4 Å². The lowest BCUT2D eigenvalue weighted by atomic mass is 10.2. The van der Waals surface area contributed by atoms with Gasteiger partial charge in [-0.1, -0.05) is 18.2 Å². The van der Waals surface area contributed by atoms with Crippen molar-refractivity contribution in [3.63, 3.8) is 0 Å². The molecule has 3 aromatic heterocycles. The van der Waals surface area contributed by atoms with Gasteiger partial charge >= 0.3 is 6.18 Å². The highest BCUT2D eigenvalue weighted by Crippen LogP contribution is 2.31. The molecule has 0 radical (unpaired) electrons. The van der Waals surface area contributed by atoms with Crippen LogP contribution in [0.2, 0.25) is 0 Å². The van der Waals surface area contributed by atoms with E-state index in [2.05, 4.69) is 20.9 Å². The van der Waals surface area contributed by atoms with Gasteiger partial charge in [-0.25, -0.2) is 9.97 Å². The Kier molecular flexibility index (Phi) is 6.45. The number of rotatable bonds is 5. The Morgan fingerprint density at radius 1 is 0.892 bits per heavy atom. The van der Waals surface area contributed by atoms with Crippen molar-refractivity contribution in [1.29, 1.82) is 0 Å². The van der Waals surface area contributed by atoms with Crippen LogP contribution in [0.4, 0.5) is 36.1 Å². The van der Waals surface area contributed by atoms with Crippen molar-refractivity contribution in [2.45, 2.75) is 6.18 Å². The zero-order valence-corrected chi connectivity index (χ0v) is 20.2. The van der Waals surface area contributed by atoms with Gasteiger partial charge in [-0.3, -0.25) is 4.98 Å². The minimum Gasteiger partial charge on any atom is -0.346 e. The van der Waals surface area contributed by atoms with Crippen molar-refractivity contribution >= 4 is 51.2 Å². The molecule has 0 saturated carbocycles. The molecule has 5 rings (SSSR count). The molecular formula is C26H20F3N7S.